The van der Waals surface area contributed by atoms with Crippen LogP contribution in [0.4, 0.5) is 0 Å². The first-order valence-electron chi connectivity index (χ1n) is 8.69. The maximum absolute atomic E-state index is 13.1. The third-order valence-corrected chi connectivity index (χ3v) is 4.44. The van der Waals surface area contributed by atoms with Crippen molar-refractivity contribution in [1.82, 2.24) is 9.88 Å². The van der Waals surface area contributed by atoms with E-state index in [1.54, 1.807) is 19.5 Å². The van der Waals surface area contributed by atoms with E-state index in [2.05, 4.69) is 4.98 Å². The van der Waals surface area contributed by atoms with Crippen molar-refractivity contribution < 1.29 is 14.3 Å². The van der Waals surface area contributed by atoms with Crippen molar-refractivity contribution in [2.45, 2.75) is 38.5 Å². The summed E-state index contributed by atoms with van der Waals surface area (Å²) in [4.78, 5) is 19.0. The number of benzene rings is 1. The van der Waals surface area contributed by atoms with Gasteiger partial charge < -0.3 is 14.4 Å². The van der Waals surface area contributed by atoms with E-state index >= 15 is 0 Å². The van der Waals surface area contributed by atoms with Crippen LogP contribution in [0.5, 0.6) is 5.75 Å². The van der Waals surface area contributed by atoms with Crippen molar-refractivity contribution in [3.63, 3.8) is 0 Å². The first-order valence-corrected chi connectivity index (χ1v) is 8.69. The van der Waals surface area contributed by atoms with Gasteiger partial charge in [0.1, 0.15) is 11.9 Å². The minimum Gasteiger partial charge on any atom is -0.496 e. The van der Waals surface area contributed by atoms with E-state index in [4.69, 9.17) is 9.47 Å². The molecule has 1 aliphatic rings. The molecule has 1 atom stereocenters. The van der Waals surface area contributed by atoms with E-state index < -0.39 is 0 Å². The van der Waals surface area contributed by atoms with Gasteiger partial charge in [0.05, 0.1) is 7.11 Å². The highest BCUT2D eigenvalue weighted by Crippen LogP contribution is 2.23. The molecule has 0 N–H and O–H groups in total. The average molecular weight is 340 g/mol. The molecule has 1 aromatic heterocycles. The van der Waals surface area contributed by atoms with Crippen LogP contribution in [0, 0.1) is 0 Å². The van der Waals surface area contributed by atoms with Gasteiger partial charge in [-0.1, -0.05) is 18.2 Å². The predicted molar refractivity (Wildman–Crippen MR) is 95.1 cm³/mol. The maximum Gasteiger partial charge on any atom is 0.252 e. The number of ether oxygens (including phenoxy) is 2. The summed E-state index contributed by atoms with van der Waals surface area (Å²) in [7, 11) is 1.65. The SMILES string of the molecule is COc1ccccc1CN(Cc1ccncc1)C(=O)[C@@H]1CCCCO1. The van der Waals surface area contributed by atoms with Crippen molar-refractivity contribution in [1.29, 1.82) is 0 Å². The number of rotatable bonds is 6. The Hall–Kier alpha value is -2.40. The highest BCUT2D eigenvalue weighted by Gasteiger charge is 2.27. The Kier molecular flexibility index (Phi) is 6.01. The molecule has 0 bridgehead atoms. The lowest BCUT2D eigenvalue weighted by Crippen LogP contribution is -2.41. The topological polar surface area (TPSA) is 51.7 Å². The molecule has 0 radical (unpaired) electrons. The normalized spacial score (nSPS) is 17.1. The molecule has 0 unspecified atom stereocenters. The van der Waals surface area contributed by atoms with Crippen LogP contribution < -0.4 is 4.74 Å². The number of para-hydroxylation sites is 1. The van der Waals surface area contributed by atoms with E-state index in [1.807, 2.05) is 41.3 Å². The highest BCUT2D eigenvalue weighted by molar-refractivity contribution is 5.81. The van der Waals surface area contributed by atoms with Gasteiger partial charge in [-0.25, -0.2) is 0 Å². The lowest BCUT2D eigenvalue weighted by atomic mass is 10.1. The third-order valence-electron chi connectivity index (χ3n) is 4.44. The van der Waals surface area contributed by atoms with Gasteiger partial charge in [0, 0.05) is 37.7 Å². The van der Waals surface area contributed by atoms with E-state index in [0.29, 0.717) is 19.7 Å². The van der Waals surface area contributed by atoms with Crippen LogP contribution >= 0.6 is 0 Å². The molecular formula is C20H24N2O3. The Bertz CT molecular complexity index is 684. The minimum absolute atomic E-state index is 0.0439. The summed E-state index contributed by atoms with van der Waals surface area (Å²) in [5.41, 5.74) is 2.04. The van der Waals surface area contributed by atoms with Gasteiger partial charge in [0.2, 0.25) is 0 Å². The van der Waals surface area contributed by atoms with Crippen LogP contribution in [0.15, 0.2) is 48.8 Å². The fourth-order valence-corrected chi connectivity index (χ4v) is 3.10. The van der Waals surface area contributed by atoms with Crippen molar-refractivity contribution in [2.75, 3.05) is 13.7 Å². The average Bonchev–Trinajstić information content (AvgIpc) is 2.69. The molecule has 0 spiro atoms. The smallest absolute Gasteiger partial charge is 0.252 e. The number of pyridine rings is 1. The summed E-state index contributed by atoms with van der Waals surface area (Å²) in [6, 6.07) is 11.7. The zero-order chi connectivity index (χ0) is 17.5. The molecule has 132 valence electrons. The van der Waals surface area contributed by atoms with Crippen LogP contribution in [0.1, 0.15) is 30.4 Å². The summed E-state index contributed by atoms with van der Waals surface area (Å²) in [5.74, 6) is 0.835. The standard InChI is InChI=1S/C20H24N2O3/c1-24-18-7-3-2-6-17(18)15-22(14-16-9-11-21-12-10-16)20(23)19-8-4-5-13-25-19/h2-3,6-7,9-12,19H,4-5,8,13-15H2,1H3/t19-/m0/s1. The van der Waals surface area contributed by atoms with Crippen molar-refractivity contribution in [3.8, 4) is 5.75 Å². The molecule has 1 fully saturated rings. The number of aromatic nitrogens is 1. The summed E-state index contributed by atoms with van der Waals surface area (Å²) in [6.45, 7) is 1.68. The van der Waals surface area contributed by atoms with Crippen molar-refractivity contribution in [2.24, 2.45) is 0 Å². The molecule has 2 heterocycles. The summed E-state index contributed by atoms with van der Waals surface area (Å²) in [6.07, 6.45) is 6.01. The van der Waals surface area contributed by atoms with E-state index in [-0.39, 0.29) is 12.0 Å². The van der Waals surface area contributed by atoms with Crippen LogP contribution in [0.2, 0.25) is 0 Å². The summed E-state index contributed by atoms with van der Waals surface area (Å²) >= 11 is 0. The minimum atomic E-state index is -0.342. The Balaban J connectivity index is 1.81. The number of methoxy groups -OCH3 is 1. The van der Waals surface area contributed by atoms with E-state index in [9.17, 15) is 4.79 Å². The fourth-order valence-electron chi connectivity index (χ4n) is 3.10. The van der Waals surface area contributed by atoms with Gasteiger partial charge in [0.15, 0.2) is 0 Å². The van der Waals surface area contributed by atoms with Crippen LogP contribution in [-0.2, 0) is 22.6 Å². The van der Waals surface area contributed by atoms with Crippen LogP contribution in [0.3, 0.4) is 0 Å². The number of carbonyl (C=O) groups is 1. The lowest BCUT2D eigenvalue weighted by Gasteiger charge is -2.30. The van der Waals surface area contributed by atoms with Crippen LogP contribution in [0.25, 0.3) is 0 Å². The highest BCUT2D eigenvalue weighted by atomic mass is 16.5. The summed E-state index contributed by atoms with van der Waals surface area (Å²) in [5, 5.41) is 0. The molecule has 1 aromatic carbocycles. The van der Waals surface area contributed by atoms with Crippen molar-refractivity contribution >= 4 is 5.91 Å². The molecule has 3 rings (SSSR count). The quantitative estimate of drug-likeness (QED) is 0.810. The second-order valence-corrected chi connectivity index (χ2v) is 6.22. The molecule has 2 aromatic rings. The Morgan fingerprint density at radius 2 is 2.00 bits per heavy atom. The second kappa shape index (κ2) is 8.62. The molecule has 5 heteroatoms. The fraction of sp³-hybridized carbons (Fsp3) is 0.400. The Morgan fingerprint density at radius 1 is 1.20 bits per heavy atom. The number of amides is 1. The molecule has 5 nitrogen and oxygen atoms in total. The van der Waals surface area contributed by atoms with Gasteiger partial charge >= 0.3 is 0 Å². The molecular weight excluding hydrogens is 316 g/mol. The Morgan fingerprint density at radius 3 is 2.72 bits per heavy atom. The largest absolute Gasteiger partial charge is 0.496 e. The number of carbonyl (C=O) groups excluding carboxylic acids is 1. The summed E-state index contributed by atoms with van der Waals surface area (Å²) < 4.78 is 11.2. The molecule has 1 saturated heterocycles. The van der Waals surface area contributed by atoms with Gasteiger partial charge in [-0.05, 0) is 43.0 Å². The van der Waals surface area contributed by atoms with Gasteiger partial charge in [0.25, 0.3) is 5.91 Å². The van der Waals surface area contributed by atoms with Gasteiger partial charge in [-0.2, -0.15) is 0 Å². The van der Waals surface area contributed by atoms with Gasteiger partial charge in [-0.3, -0.25) is 9.78 Å². The van der Waals surface area contributed by atoms with E-state index in [0.717, 1.165) is 36.1 Å². The van der Waals surface area contributed by atoms with Gasteiger partial charge in [-0.15, -0.1) is 0 Å². The molecule has 0 saturated carbocycles. The molecule has 1 aliphatic heterocycles. The second-order valence-electron chi connectivity index (χ2n) is 6.22. The molecule has 25 heavy (non-hydrogen) atoms. The number of nitrogens with zero attached hydrogens (tertiary/aromatic N) is 2. The van der Waals surface area contributed by atoms with Crippen LogP contribution in [-0.4, -0.2) is 35.6 Å². The predicted octanol–water partition coefficient (Wildman–Crippen LogP) is 3.19. The monoisotopic (exact) mass is 340 g/mol. The molecule has 1 amide bonds. The van der Waals surface area contributed by atoms with E-state index in [1.165, 1.54) is 0 Å². The molecule has 0 aliphatic carbocycles. The Labute approximate surface area is 148 Å². The third kappa shape index (κ3) is 4.57. The number of hydrogen-bond acceptors (Lipinski definition) is 4. The first-order chi connectivity index (χ1) is 12.3. The zero-order valence-corrected chi connectivity index (χ0v) is 14.6. The lowest BCUT2D eigenvalue weighted by molar-refractivity contribution is -0.147. The van der Waals surface area contributed by atoms with Crippen molar-refractivity contribution in [3.05, 3.63) is 59.9 Å². The number of hydrogen-bond donors (Lipinski definition) is 0. The first kappa shape index (κ1) is 17.4. The zero-order valence-electron chi connectivity index (χ0n) is 14.6. The maximum atomic E-state index is 13.1.